The van der Waals surface area contributed by atoms with Crippen LogP contribution in [0.5, 0.6) is 0 Å². The summed E-state index contributed by atoms with van der Waals surface area (Å²) in [7, 11) is 0. The average molecular weight is 374 g/mol. The Morgan fingerprint density at radius 1 is 1.15 bits per heavy atom. The van der Waals surface area contributed by atoms with Gasteiger partial charge < -0.3 is 10.1 Å². The van der Waals surface area contributed by atoms with Crippen LogP contribution in [-0.4, -0.2) is 22.8 Å². The third-order valence-corrected chi connectivity index (χ3v) is 6.71. The van der Waals surface area contributed by atoms with Gasteiger partial charge in [-0.1, -0.05) is 19.9 Å². The first-order valence-corrected chi connectivity index (χ1v) is 8.72. The van der Waals surface area contributed by atoms with Gasteiger partial charge >= 0.3 is 11.9 Å². The second kappa shape index (κ2) is 5.61. The molecule has 3 rings (SSSR count). The van der Waals surface area contributed by atoms with E-state index in [2.05, 4.69) is 5.32 Å². The fourth-order valence-corrected chi connectivity index (χ4v) is 4.49. The van der Waals surface area contributed by atoms with E-state index in [4.69, 9.17) is 4.74 Å². The molecule has 27 heavy (non-hydrogen) atoms. The molecule has 0 spiro atoms. The molecule has 1 aliphatic heterocycles. The zero-order valence-corrected chi connectivity index (χ0v) is 16.0. The fourth-order valence-electron chi connectivity index (χ4n) is 4.49. The molecule has 1 aromatic rings. The number of carbonyl (C=O) groups excluding carboxylic acids is 3. The Hall–Kier alpha value is -2.77. The molecule has 144 valence electrons. The summed E-state index contributed by atoms with van der Waals surface area (Å²) in [6.07, 6.45) is 0.471. The van der Waals surface area contributed by atoms with Crippen molar-refractivity contribution >= 4 is 29.2 Å². The molecule has 8 heteroatoms. The summed E-state index contributed by atoms with van der Waals surface area (Å²) >= 11 is 0. The van der Waals surface area contributed by atoms with E-state index in [0.29, 0.717) is 17.5 Å². The number of benzene rings is 1. The van der Waals surface area contributed by atoms with E-state index in [1.165, 1.54) is 6.07 Å². The molecule has 0 radical (unpaired) electrons. The van der Waals surface area contributed by atoms with Gasteiger partial charge in [0.05, 0.1) is 10.3 Å². The molecule has 1 aromatic carbocycles. The first-order chi connectivity index (χ1) is 12.4. The Balaban J connectivity index is 2.09. The number of hydrogen-bond donors (Lipinski definition) is 1. The molecule has 2 aliphatic rings. The van der Waals surface area contributed by atoms with Gasteiger partial charge in [-0.25, -0.2) is 0 Å². The van der Waals surface area contributed by atoms with Crippen molar-refractivity contribution in [2.75, 3.05) is 5.32 Å². The van der Waals surface area contributed by atoms with Gasteiger partial charge in [-0.3, -0.25) is 24.5 Å². The van der Waals surface area contributed by atoms with Crippen LogP contribution in [0.2, 0.25) is 0 Å². The Labute approximate surface area is 156 Å². The number of nitro groups is 1. The van der Waals surface area contributed by atoms with Crippen molar-refractivity contribution in [1.82, 2.24) is 0 Å². The van der Waals surface area contributed by atoms with Crippen LogP contribution in [0.4, 0.5) is 11.4 Å². The lowest BCUT2D eigenvalue weighted by Crippen LogP contribution is -2.61. The van der Waals surface area contributed by atoms with E-state index in [1.807, 2.05) is 0 Å². The maximum atomic E-state index is 13.3. The van der Waals surface area contributed by atoms with Crippen molar-refractivity contribution in [2.24, 2.45) is 16.2 Å². The van der Waals surface area contributed by atoms with Crippen LogP contribution < -0.4 is 5.32 Å². The van der Waals surface area contributed by atoms with E-state index in [0.717, 1.165) is 0 Å². The number of fused-ring (bicyclic) bond motifs is 2. The first-order valence-electron chi connectivity index (χ1n) is 8.72. The minimum atomic E-state index is -1.58. The Kier molecular flexibility index (Phi) is 3.95. The minimum Gasteiger partial charge on any atom is -0.392 e. The molecule has 2 fully saturated rings. The van der Waals surface area contributed by atoms with Gasteiger partial charge in [-0.15, -0.1) is 0 Å². The second-order valence-corrected chi connectivity index (χ2v) is 8.23. The third kappa shape index (κ3) is 2.25. The minimum absolute atomic E-state index is 0.0547. The summed E-state index contributed by atoms with van der Waals surface area (Å²) in [4.78, 5) is 49.2. The largest absolute Gasteiger partial charge is 0.392 e. The standard InChI is InChI=1S/C19H22N2O6/c1-10-8-11(2)13(12(9-10)21(25)26)20-14(22)19-7-6-18(5,17(19,3)4)15(23)27-16(19)24/h8-9H,6-7H2,1-5H3,(H,20,22). The van der Waals surface area contributed by atoms with E-state index in [-0.39, 0.29) is 17.8 Å². The SMILES string of the molecule is Cc1cc(C)c(NC(=O)C23CCC(C)(C(=O)OC2=O)C3(C)C)c([N+](=O)[O-])c1. The van der Waals surface area contributed by atoms with Gasteiger partial charge in [0.15, 0.2) is 5.41 Å². The van der Waals surface area contributed by atoms with Gasteiger partial charge in [-0.2, -0.15) is 0 Å². The van der Waals surface area contributed by atoms with Crippen LogP contribution in [-0.2, 0) is 19.1 Å². The van der Waals surface area contributed by atoms with Crippen LogP contribution in [0.15, 0.2) is 12.1 Å². The number of anilines is 1. The molecular formula is C19H22N2O6. The summed E-state index contributed by atoms with van der Waals surface area (Å²) in [5.74, 6) is -2.20. The van der Waals surface area contributed by atoms with Gasteiger partial charge in [0.25, 0.3) is 5.69 Å². The summed E-state index contributed by atoms with van der Waals surface area (Å²) in [6, 6.07) is 3.08. The third-order valence-electron chi connectivity index (χ3n) is 6.71. The topological polar surface area (TPSA) is 116 Å². The molecule has 2 bridgehead atoms. The number of nitrogens with one attached hydrogen (secondary N) is 1. The molecule has 0 aromatic heterocycles. The van der Waals surface area contributed by atoms with Crippen LogP contribution in [0, 0.1) is 40.2 Å². The van der Waals surface area contributed by atoms with Crippen molar-refractivity contribution in [1.29, 1.82) is 0 Å². The smallest absolute Gasteiger partial charge is 0.329 e. The molecule has 1 N–H and O–H groups in total. The highest BCUT2D eigenvalue weighted by Gasteiger charge is 2.75. The predicted molar refractivity (Wildman–Crippen MR) is 95.9 cm³/mol. The molecule has 2 unspecified atom stereocenters. The second-order valence-electron chi connectivity index (χ2n) is 8.23. The van der Waals surface area contributed by atoms with Crippen molar-refractivity contribution in [3.8, 4) is 0 Å². The van der Waals surface area contributed by atoms with Gasteiger partial charge in [0.2, 0.25) is 5.91 Å². The van der Waals surface area contributed by atoms with E-state index in [1.54, 1.807) is 40.7 Å². The van der Waals surface area contributed by atoms with Crippen molar-refractivity contribution in [2.45, 2.75) is 47.5 Å². The zero-order valence-electron chi connectivity index (χ0n) is 16.0. The lowest BCUT2D eigenvalue weighted by Gasteiger charge is -2.48. The molecule has 1 amide bonds. The predicted octanol–water partition coefficient (Wildman–Crippen LogP) is 3.05. The zero-order chi connectivity index (χ0) is 20.4. The van der Waals surface area contributed by atoms with Crippen molar-refractivity contribution in [3.63, 3.8) is 0 Å². The molecule has 1 heterocycles. The number of nitrogens with zero attached hydrogens (tertiary/aromatic N) is 1. The fraction of sp³-hybridized carbons (Fsp3) is 0.526. The number of amides is 1. The number of nitro benzene ring substituents is 1. The van der Waals surface area contributed by atoms with Gasteiger partial charge in [0.1, 0.15) is 5.69 Å². The highest BCUT2D eigenvalue weighted by atomic mass is 16.6. The summed E-state index contributed by atoms with van der Waals surface area (Å²) in [6.45, 7) is 8.47. The maximum absolute atomic E-state index is 13.3. The Morgan fingerprint density at radius 2 is 1.78 bits per heavy atom. The van der Waals surface area contributed by atoms with Crippen LogP contribution in [0.3, 0.4) is 0 Å². The number of carbonyl (C=O) groups is 3. The Morgan fingerprint density at radius 3 is 2.37 bits per heavy atom. The van der Waals surface area contributed by atoms with Crippen LogP contribution >= 0.6 is 0 Å². The molecule has 1 saturated heterocycles. The number of aryl methyl sites for hydroxylation is 2. The lowest BCUT2D eigenvalue weighted by molar-refractivity contribution is -0.384. The molecule has 1 saturated carbocycles. The van der Waals surface area contributed by atoms with Crippen LogP contribution in [0.25, 0.3) is 0 Å². The Bertz CT molecular complexity index is 906. The summed E-state index contributed by atoms with van der Waals surface area (Å²) in [5.41, 5.74) is -2.54. The summed E-state index contributed by atoms with van der Waals surface area (Å²) in [5, 5.41) is 14.0. The van der Waals surface area contributed by atoms with Crippen molar-refractivity contribution in [3.05, 3.63) is 33.4 Å². The number of cyclic esters (lactones) is 2. The highest BCUT2D eigenvalue weighted by Crippen LogP contribution is 2.66. The van der Waals surface area contributed by atoms with Gasteiger partial charge in [-0.05, 0) is 44.7 Å². The number of esters is 2. The summed E-state index contributed by atoms with van der Waals surface area (Å²) < 4.78 is 4.93. The lowest BCUT2D eigenvalue weighted by atomic mass is 9.57. The normalized spacial score (nSPS) is 28.6. The van der Waals surface area contributed by atoms with E-state index in [9.17, 15) is 24.5 Å². The maximum Gasteiger partial charge on any atom is 0.329 e. The molecule has 2 atom stereocenters. The van der Waals surface area contributed by atoms with Gasteiger partial charge in [0, 0.05) is 11.5 Å². The quantitative estimate of drug-likeness (QED) is 0.376. The molecule has 1 aliphatic carbocycles. The average Bonchev–Trinajstić information content (AvgIpc) is 2.70. The first kappa shape index (κ1) is 19.0. The number of hydrogen-bond acceptors (Lipinski definition) is 6. The highest BCUT2D eigenvalue weighted by molar-refractivity contribution is 6.15. The number of rotatable bonds is 3. The monoisotopic (exact) mass is 374 g/mol. The number of ether oxygens (including phenoxy) is 1. The molecular weight excluding hydrogens is 352 g/mol. The molecule has 8 nitrogen and oxygen atoms in total. The van der Waals surface area contributed by atoms with Crippen LogP contribution in [0.1, 0.15) is 44.7 Å². The van der Waals surface area contributed by atoms with Crippen molar-refractivity contribution < 1.29 is 24.0 Å². The van der Waals surface area contributed by atoms with E-state index >= 15 is 0 Å². The van der Waals surface area contributed by atoms with E-state index < -0.39 is 39.0 Å².